The summed E-state index contributed by atoms with van der Waals surface area (Å²) in [6.45, 7) is 1.78. The number of amides is 2. The van der Waals surface area contributed by atoms with Gasteiger partial charge >= 0.3 is 0 Å². The van der Waals surface area contributed by atoms with Crippen LogP contribution in [0.3, 0.4) is 0 Å². The van der Waals surface area contributed by atoms with Crippen molar-refractivity contribution >= 4 is 11.8 Å². The second-order valence-electron chi connectivity index (χ2n) is 4.13. The van der Waals surface area contributed by atoms with Crippen LogP contribution in [-0.2, 0) is 16.0 Å². The van der Waals surface area contributed by atoms with Gasteiger partial charge in [-0.15, -0.1) is 0 Å². The van der Waals surface area contributed by atoms with Gasteiger partial charge in [-0.25, -0.2) is 0 Å². The number of pyridine rings is 1. The molecule has 0 saturated heterocycles. The Morgan fingerprint density at radius 1 is 1.53 bits per heavy atom. The van der Waals surface area contributed by atoms with Gasteiger partial charge in [0, 0.05) is 25.4 Å². The first-order chi connectivity index (χ1) is 8.00. The summed E-state index contributed by atoms with van der Waals surface area (Å²) in [5.74, 6) is -0.786. The molecule has 1 rings (SSSR count). The number of aromatic nitrogens is 1. The summed E-state index contributed by atoms with van der Waals surface area (Å²) in [6.07, 6.45) is 4.03. The van der Waals surface area contributed by atoms with Crippen molar-refractivity contribution in [2.24, 2.45) is 11.7 Å². The lowest BCUT2D eigenvalue weighted by molar-refractivity contribution is -0.136. The number of nitrogens with zero attached hydrogens (tertiary/aromatic N) is 2. The van der Waals surface area contributed by atoms with E-state index in [0.29, 0.717) is 6.42 Å². The van der Waals surface area contributed by atoms with Crippen molar-refractivity contribution in [1.82, 2.24) is 9.88 Å². The van der Waals surface area contributed by atoms with Gasteiger partial charge in [0.15, 0.2) is 0 Å². The van der Waals surface area contributed by atoms with E-state index in [9.17, 15) is 9.59 Å². The van der Waals surface area contributed by atoms with Crippen molar-refractivity contribution in [2.45, 2.75) is 13.3 Å². The monoisotopic (exact) mass is 235 g/mol. The first kappa shape index (κ1) is 13.2. The minimum atomic E-state index is -0.505. The number of likely N-dealkylation sites (N-methyl/N-ethyl adjacent to an activating group) is 1. The molecule has 1 atom stereocenters. The Kier molecular flexibility index (Phi) is 4.63. The summed E-state index contributed by atoms with van der Waals surface area (Å²) in [5.41, 5.74) is 6.04. The lowest BCUT2D eigenvalue weighted by atomic mass is 10.0. The van der Waals surface area contributed by atoms with Crippen LogP contribution >= 0.6 is 0 Å². The molecule has 1 unspecified atom stereocenters. The molecule has 2 amide bonds. The number of rotatable bonds is 5. The third-order valence-corrected chi connectivity index (χ3v) is 2.46. The minimum Gasteiger partial charge on any atom is -0.368 e. The Hall–Kier alpha value is -1.91. The van der Waals surface area contributed by atoms with Crippen LogP contribution in [0.1, 0.15) is 12.5 Å². The van der Waals surface area contributed by atoms with Crippen LogP contribution < -0.4 is 5.73 Å². The second kappa shape index (κ2) is 5.98. The third kappa shape index (κ3) is 4.22. The lowest BCUT2D eigenvalue weighted by Gasteiger charge is -2.19. The largest absolute Gasteiger partial charge is 0.368 e. The Bertz CT molecular complexity index is 392. The van der Waals surface area contributed by atoms with E-state index < -0.39 is 5.91 Å². The van der Waals surface area contributed by atoms with E-state index in [1.54, 1.807) is 19.4 Å². The molecule has 1 heterocycles. The highest BCUT2D eigenvalue weighted by molar-refractivity contribution is 5.84. The fourth-order valence-electron chi connectivity index (χ4n) is 1.65. The summed E-state index contributed by atoms with van der Waals surface area (Å²) in [6, 6.07) is 3.75. The van der Waals surface area contributed by atoms with E-state index in [1.165, 1.54) is 4.90 Å². The van der Waals surface area contributed by atoms with Crippen molar-refractivity contribution in [3.63, 3.8) is 0 Å². The Morgan fingerprint density at radius 3 is 2.76 bits per heavy atom. The molecule has 0 aromatic carbocycles. The van der Waals surface area contributed by atoms with Crippen molar-refractivity contribution in [2.75, 3.05) is 13.6 Å². The van der Waals surface area contributed by atoms with Gasteiger partial charge in [0.1, 0.15) is 0 Å². The molecule has 1 aromatic heterocycles. The third-order valence-electron chi connectivity index (χ3n) is 2.46. The molecule has 0 fully saturated rings. The fourth-order valence-corrected chi connectivity index (χ4v) is 1.65. The highest BCUT2D eigenvalue weighted by atomic mass is 16.2. The average molecular weight is 235 g/mol. The number of carbonyl (C=O) groups is 2. The standard InChI is InChI=1S/C12H17N3O2/c1-9(6-10-4-3-5-14-7-10)12(17)15(2)8-11(13)16/h3-5,7,9H,6,8H2,1-2H3,(H2,13,16). The zero-order chi connectivity index (χ0) is 12.8. The van der Waals surface area contributed by atoms with E-state index in [-0.39, 0.29) is 18.4 Å². The molecule has 0 radical (unpaired) electrons. The molecule has 5 nitrogen and oxygen atoms in total. The summed E-state index contributed by atoms with van der Waals surface area (Å²) in [5, 5.41) is 0. The molecule has 92 valence electrons. The smallest absolute Gasteiger partial charge is 0.237 e. The highest BCUT2D eigenvalue weighted by Gasteiger charge is 2.18. The number of primary amides is 1. The van der Waals surface area contributed by atoms with Crippen LogP contribution in [0.25, 0.3) is 0 Å². The summed E-state index contributed by atoms with van der Waals surface area (Å²) < 4.78 is 0. The highest BCUT2D eigenvalue weighted by Crippen LogP contribution is 2.09. The molecular formula is C12H17N3O2. The molecule has 0 aliphatic heterocycles. The van der Waals surface area contributed by atoms with Crippen LogP contribution in [0.2, 0.25) is 0 Å². The van der Waals surface area contributed by atoms with Gasteiger partial charge in [-0.3, -0.25) is 14.6 Å². The van der Waals surface area contributed by atoms with Gasteiger partial charge in [-0.2, -0.15) is 0 Å². The predicted molar refractivity (Wildman–Crippen MR) is 63.9 cm³/mol. The second-order valence-corrected chi connectivity index (χ2v) is 4.13. The Labute approximate surface area is 101 Å². The lowest BCUT2D eigenvalue weighted by Crippen LogP contribution is -2.38. The van der Waals surface area contributed by atoms with Crippen molar-refractivity contribution in [3.05, 3.63) is 30.1 Å². The number of hydrogen-bond acceptors (Lipinski definition) is 3. The van der Waals surface area contributed by atoms with Gasteiger partial charge in [0.2, 0.25) is 11.8 Å². The van der Waals surface area contributed by atoms with Crippen molar-refractivity contribution < 1.29 is 9.59 Å². The molecule has 17 heavy (non-hydrogen) atoms. The summed E-state index contributed by atoms with van der Waals surface area (Å²) >= 11 is 0. The number of nitrogens with two attached hydrogens (primary N) is 1. The maximum Gasteiger partial charge on any atom is 0.237 e. The maximum absolute atomic E-state index is 11.9. The molecule has 1 aromatic rings. The maximum atomic E-state index is 11.9. The van der Waals surface area contributed by atoms with E-state index in [1.807, 2.05) is 19.1 Å². The van der Waals surface area contributed by atoms with Crippen LogP contribution in [0.15, 0.2) is 24.5 Å². The minimum absolute atomic E-state index is 0.0454. The van der Waals surface area contributed by atoms with Crippen molar-refractivity contribution in [3.8, 4) is 0 Å². The zero-order valence-corrected chi connectivity index (χ0v) is 10.1. The van der Waals surface area contributed by atoms with Gasteiger partial charge in [0.25, 0.3) is 0 Å². The van der Waals surface area contributed by atoms with Crippen molar-refractivity contribution in [1.29, 1.82) is 0 Å². The molecular weight excluding hydrogens is 218 g/mol. The van der Waals surface area contributed by atoms with E-state index in [4.69, 9.17) is 5.73 Å². The molecule has 2 N–H and O–H groups in total. The predicted octanol–water partition coefficient (Wildman–Crippen LogP) is 0.204. The van der Waals surface area contributed by atoms with Gasteiger partial charge in [-0.05, 0) is 18.1 Å². The Balaban J connectivity index is 2.55. The van der Waals surface area contributed by atoms with E-state index in [2.05, 4.69) is 4.98 Å². The molecule has 0 aliphatic rings. The van der Waals surface area contributed by atoms with Crippen LogP contribution in [-0.4, -0.2) is 35.3 Å². The number of hydrogen-bond donors (Lipinski definition) is 1. The molecule has 0 bridgehead atoms. The molecule has 0 spiro atoms. The topological polar surface area (TPSA) is 76.3 Å². The first-order valence-electron chi connectivity index (χ1n) is 5.43. The number of carbonyl (C=O) groups excluding carboxylic acids is 2. The first-order valence-corrected chi connectivity index (χ1v) is 5.43. The van der Waals surface area contributed by atoms with E-state index in [0.717, 1.165) is 5.56 Å². The molecule has 5 heteroatoms. The van der Waals surface area contributed by atoms with Crippen LogP contribution in [0.5, 0.6) is 0 Å². The normalized spacial score (nSPS) is 11.9. The summed E-state index contributed by atoms with van der Waals surface area (Å²) in [7, 11) is 1.58. The summed E-state index contributed by atoms with van der Waals surface area (Å²) in [4.78, 5) is 27.9. The zero-order valence-electron chi connectivity index (χ0n) is 10.1. The Morgan fingerprint density at radius 2 is 2.24 bits per heavy atom. The van der Waals surface area contributed by atoms with Crippen LogP contribution in [0.4, 0.5) is 0 Å². The SMILES string of the molecule is CC(Cc1cccnc1)C(=O)N(C)CC(N)=O. The van der Waals surface area contributed by atoms with E-state index >= 15 is 0 Å². The average Bonchev–Trinajstić information content (AvgIpc) is 2.28. The van der Waals surface area contributed by atoms with Crippen LogP contribution in [0, 0.1) is 5.92 Å². The van der Waals surface area contributed by atoms with Gasteiger partial charge in [0.05, 0.1) is 6.54 Å². The quantitative estimate of drug-likeness (QED) is 0.792. The van der Waals surface area contributed by atoms with Gasteiger partial charge in [-0.1, -0.05) is 13.0 Å². The fraction of sp³-hybridized carbons (Fsp3) is 0.417. The molecule has 0 aliphatic carbocycles. The molecule has 0 saturated carbocycles. The van der Waals surface area contributed by atoms with Gasteiger partial charge < -0.3 is 10.6 Å².